The highest BCUT2D eigenvalue weighted by atomic mass is 32.2. The highest BCUT2D eigenvalue weighted by Gasteiger charge is 2.33. The van der Waals surface area contributed by atoms with Gasteiger partial charge in [-0.1, -0.05) is 36.1 Å². The normalized spacial score (nSPS) is 18.2. The van der Waals surface area contributed by atoms with Crippen LogP contribution in [0, 0.1) is 6.92 Å². The van der Waals surface area contributed by atoms with Crippen LogP contribution in [0.25, 0.3) is 11.7 Å². The topological polar surface area (TPSA) is 117 Å². The van der Waals surface area contributed by atoms with Crippen LogP contribution in [0.15, 0.2) is 46.2 Å². The maximum atomic E-state index is 13.8. The van der Waals surface area contributed by atoms with Gasteiger partial charge >= 0.3 is 5.97 Å². The molecule has 2 fully saturated rings. The minimum atomic E-state index is -1.02. The predicted molar refractivity (Wildman–Crippen MR) is 158 cm³/mol. The van der Waals surface area contributed by atoms with E-state index in [-0.39, 0.29) is 34.5 Å². The van der Waals surface area contributed by atoms with Crippen LogP contribution in [0.3, 0.4) is 0 Å². The molecule has 0 radical (unpaired) electrons. The second-order valence-electron chi connectivity index (χ2n) is 9.97. The molecule has 0 saturated carbocycles. The van der Waals surface area contributed by atoms with E-state index in [0.29, 0.717) is 30.1 Å². The van der Waals surface area contributed by atoms with Gasteiger partial charge in [-0.15, -0.1) is 0 Å². The number of amides is 1. The first kappa shape index (κ1) is 27.2. The van der Waals surface area contributed by atoms with Crippen LogP contribution in [-0.2, 0) is 16.1 Å². The van der Waals surface area contributed by atoms with Crippen LogP contribution in [-0.4, -0.2) is 80.0 Å². The summed E-state index contributed by atoms with van der Waals surface area (Å²) in [5.74, 6) is 0.608. The highest BCUT2D eigenvalue weighted by molar-refractivity contribution is 8.26. The van der Waals surface area contributed by atoms with Crippen LogP contribution in [0.4, 0.5) is 5.82 Å². The van der Waals surface area contributed by atoms with E-state index in [0.717, 1.165) is 54.0 Å². The number of thioether (sulfide) groups is 1. The molecule has 11 nitrogen and oxygen atoms in total. The largest absolute Gasteiger partial charge is 0.481 e. The van der Waals surface area contributed by atoms with Gasteiger partial charge in [-0.3, -0.25) is 28.6 Å². The van der Waals surface area contributed by atoms with Gasteiger partial charge in [0.05, 0.1) is 16.9 Å². The molecule has 3 aliphatic rings. The second-order valence-corrected chi connectivity index (χ2v) is 11.6. The molecule has 5 heterocycles. The fraction of sp³-hybridized carbons (Fsp3) is 0.321. The zero-order valence-corrected chi connectivity index (χ0v) is 23.9. The number of pyridine rings is 1. The van der Waals surface area contributed by atoms with E-state index in [1.54, 1.807) is 18.3 Å². The standard InChI is InChI=1S/C28H27N5O6S2/c1-17-3-2-7-32-24(17)29-25(19(26(32)36)14-22-27(37)33(28(40)41-22)8-6-23(34)35)31-11-9-30(10-12-31)15-18-4-5-20-21(13-18)39-16-38-20/h2-5,7,13-14H,6,8-12,15-16H2,1H3,(H,34,35)/b22-14+. The van der Waals surface area contributed by atoms with Crippen molar-refractivity contribution in [2.75, 3.05) is 44.4 Å². The number of aryl methyl sites for hydroxylation is 1. The van der Waals surface area contributed by atoms with Gasteiger partial charge in [-0.05, 0) is 42.3 Å². The smallest absolute Gasteiger partial charge is 0.305 e. The zero-order valence-electron chi connectivity index (χ0n) is 22.2. The van der Waals surface area contributed by atoms with Crippen molar-refractivity contribution in [3.63, 3.8) is 0 Å². The predicted octanol–water partition coefficient (Wildman–Crippen LogP) is 2.73. The Hall–Kier alpha value is -3.94. The summed E-state index contributed by atoms with van der Waals surface area (Å²) in [6.07, 6.45) is 3.00. The molecule has 1 aromatic carbocycles. The molecule has 2 saturated heterocycles. The van der Waals surface area contributed by atoms with E-state index in [4.69, 9.17) is 31.8 Å². The number of ether oxygens (including phenoxy) is 2. The molecule has 212 valence electrons. The van der Waals surface area contributed by atoms with E-state index in [1.807, 2.05) is 31.2 Å². The molecule has 1 N–H and O–H groups in total. The molecular weight excluding hydrogens is 566 g/mol. The van der Waals surface area contributed by atoms with Crippen molar-refractivity contribution in [1.82, 2.24) is 19.2 Å². The average molecular weight is 594 g/mol. The second kappa shape index (κ2) is 11.1. The van der Waals surface area contributed by atoms with E-state index in [1.165, 1.54) is 9.30 Å². The summed E-state index contributed by atoms with van der Waals surface area (Å²) in [4.78, 5) is 48.9. The number of anilines is 1. The summed E-state index contributed by atoms with van der Waals surface area (Å²) in [5.41, 5.74) is 2.56. The SMILES string of the molecule is Cc1cccn2c(=O)c(/C=C3/SC(=S)N(CCC(=O)O)C3=O)c(N3CCN(Cc4ccc5c(c4)OCO5)CC3)nc12. The third kappa shape index (κ3) is 5.39. The number of fused-ring (bicyclic) bond motifs is 2. The first-order valence-electron chi connectivity index (χ1n) is 13.1. The Morgan fingerprint density at radius 3 is 2.71 bits per heavy atom. The summed E-state index contributed by atoms with van der Waals surface area (Å²) in [7, 11) is 0. The fourth-order valence-electron chi connectivity index (χ4n) is 5.11. The number of aliphatic carboxylic acids is 1. The number of aromatic nitrogens is 2. The van der Waals surface area contributed by atoms with Crippen molar-refractivity contribution in [3.8, 4) is 11.5 Å². The van der Waals surface area contributed by atoms with Gasteiger partial charge in [0, 0.05) is 45.5 Å². The van der Waals surface area contributed by atoms with Gasteiger partial charge in [0.25, 0.3) is 11.5 Å². The van der Waals surface area contributed by atoms with Gasteiger partial charge in [0.2, 0.25) is 6.79 Å². The van der Waals surface area contributed by atoms with Crippen molar-refractivity contribution in [3.05, 3.63) is 68.5 Å². The summed E-state index contributed by atoms with van der Waals surface area (Å²) in [5, 5.41) is 9.05. The third-order valence-corrected chi connectivity index (χ3v) is 8.66. The van der Waals surface area contributed by atoms with E-state index < -0.39 is 11.9 Å². The van der Waals surface area contributed by atoms with Gasteiger partial charge in [-0.25, -0.2) is 4.98 Å². The van der Waals surface area contributed by atoms with Gasteiger partial charge in [0.15, 0.2) is 11.5 Å². The number of nitrogens with zero attached hydrogens (tertiary/aromatic N) is 5. The molecule has 0 atom stereocenters. The Kier molecular flexibility index (Phi) is 7.41. The van der Waals surface area contributed by atoms with E-state index in [2.05, 4.69) is 9.80 Å². The number of carbonyl (C=O) groups excluding carboxylic acids is 1. The fourth-order valence-corrected chi connectivity index (χ4v) is 6.40. The lowest BCUT2D eigenvalue weighted by molar-refractivity contribution is -0.137. The number of rotatable bonds is 7. The number of carboxylic acid groups (broad SMARTS) is 1. The maximum absolute atomic E-state index is 13.8. The number of carbonyl (C=O) groups is 2. The molecule has 41 heavy (non-hydrogen) atoms. The van der Waals surface area contributed by atoms with Crippen LogP contribution < -0.4 is 19.9 Å². The highest BCUT2D eigenvalue weighted by Crippen LogP contribution is 2.35. The number of hydrogen-bond donors (Lipinski definition) is 1. The summed E-state index contributed by atoms with van der Waals surface area (Å²) < 4.78 is 12.7. The molecule has 0 bridgehead atoms. The summed E-state index contributed by atoms with van der Waals surface area (Å²) in [6, 6.07) is 9.67. The maximum Gasteiger partial charge on any atom is 0.305 e. The molecule has 3 aromatic rings. The minimum absolute atomic E-state index is 0.0241. The van der Waals surface area contributed by atoms with Gasteiger partial charge in [-0.2, -0.15) is 0 Å². The summed E-state index contributed by atoms with van der Waals surface area (Å²) >= 11 is 6.41. The first-order chi connectivity index (χ1) is 19.8. The van der Waals surface area contributed by atoms with Crippen molar-refractivity contribution >= 4 is 57.7 Å². The average Bonchev–Trinajstić information content (AvgIpc) is 3.53. The number of hydrogen-bond acceptors (Lipinski definition) is 10. The molecular formula is C28H27N5O6S2. The Morgan fingerprint density at radius 2 is 1.93 bits per heavy atom. The monoisotopic (exact) mass is 593 g/mol. The Balaban J connectivity index is 1.28. The Bertz CT molecular complexity index is 1660. The van der Waals surface area contributed by atoms with Crippen molar-refractivity contribution in [1.29, 1.82) is 0 Å². The van der Waals surface area contributed by atoms with Gasteiger partial charge in [0.1, 0.15) is 15.8 Å². The molecule has 6 rings (SSSR count). The lowest BCUT2D eigenvalue weighted by atomic mass is 10.1. The van der Waals surface area contributed by atoms with Crippen molar-refractivity contribution in [2.24, 2.45) is 0 Å². The molecule has 13 heteroatoms. The van der Waals surface area contributed by atoms with Crippen LogP contribution in [0.2, 0.25) is 0 Å². The molecule has 1 amide bonds. The molecule has 0 unspecified atom stereocenters. The molecule has 0 aliphatic carbocycles. The van der Waals surface area contributed by atoms with Gasteiger partial charge < -0.3 is 19.5 Å². The van der Waals surface area contributed by atoms with Crippen LogP contribution in [0.5, 0.6) is 11.5 Å². The lowest BCUT2D eigenvalue weighted by Gasteiger charge is -2.36. The molecule has 3 aliphatic heterocycles. The third-order valence-electron chi connectivity index (χ3n) is 7.28. The summed E-state index contributed by atoms with van der Waals surface area (Å²) in [6.45, 7) is 5.65. The zero-order chi connectivity index (χ0) is 28.7. The molecule has 2 aromatic heterocycles. The number of benzene rings is 1. The van der Waals surface area contributed by atoms with Crippen molar-refractivity contribution < 1.29 is 24.2 Å². The van der Waals surface area contributed by atoms with Crippen LogP contribution >= 0.6 is 24.0 Å². The Labute approximate surface area is 245 Å². The lowest BCUT2D eigenvalue weighted by Crippen LogP contribution is -2.47. The van der Waals surface area contributed by atoms with E-state index in [9.17, 15) is 14.4 Å². The minimum Gasteiger partial charge on any atom is -0.481 e. The number of piperazine rings is 1. The first-order valence-corrected chi connectivity index (χ1v) is 14.4. The number of thiocarbonyl (C=S) groups is 1. The Morgan fingerprint density at radius 1 is 1.15 bits per heavy atom. The number of carboxylic acids is 1. The van der Waals surface area contributed by atoms with Crippen molar-refractivity contribution in [2.45, 2.75) is 19.9 Å². The quantitative estimate of drug-likeness (QED) is 0.322. The van der Waals surface area contributed by atoms with Crippen LogP contribution in [0.1, 0.15) is 23.1 Å². The molecule has 0 spiro atoms. The van der Waals surface area contributed by atoms with E-state index >= 15 is 0 Å².